The lowest BCUT2D eigenvalue weighted by atomic mass is 10.2. The first-order valence-corrected chi connectivity index (χ1v) is 10.4. The molecule has 0 bridgehead atoms. The first-order valence-electron chi connectivity index (χ1n) is 9.14. The van der Waals surface area contributed by atoms with E-state index in [2.05, 4.69) is 10.9 Å². The molecule has 3 rings (SSSR count). The molecule has 0 radical (unpaired) electrons. The van der Waals surface area contributed by atoms with Crippen molar-refractivity contribution in [2.24, 2.45) is 0 Å². The smallest absolute Gasteiger partial charge is 0.269 e. The van der Waals surface area contributed by atoms with Crippen LogP contribution in [0.25, 0.3) is 6.08 Å². The summed E-state index contributed by atoms with van der Waals surface area (Å²) < 4.78 is 23.6. The second-order valence-corrected chi connectivity index (χ2v) is 8.07. The van der Waals surface area contributed by atoms with Gasteiger partial charge in [0, 0.05) is 5.56 Å². The van der Waals surface area contributed by atoms with Gasteiger partial charge < -0.3 is 9.47 Å². The van der Waals surface area contributed by atoms with Crippen LogP contribution in [-0.2, 0) is 9.59 Å². The third-order valence-electron chi connectivity index (χ3n) is 4.30. The average molecular weight is 476 g/mol. The van der Waals surface area contributed by atoms with Crippen molar-refractivity contribution in [1.82, 2.24) is 15.8 Å². The van der Waals surface area contributed by atoms with E-state index in [4.69, 9.17) is 21.7 Å². The normalized spacial score (nSPS) is 14.5. The van der Waals surface area contributed by atoms with Gasteiger partial charge in [-0.05, 0) is 48.0 Å². The molecule has 11 heteroatoms. The fourth-order valence-electron chi connectivity index (χ4n) is 2.71. The summed E-state index contributed by atoms with van der Waals surface area (Å²) in [6, 6.07) is 9.98. The van der Waals surface area contributed by atoms with Gasteiger partial charge in [0.05, 0.1) is 19.1 Å². The van der Waals surface area contributed by atoms with Crippen LogP contribution >= 0.6 is 24.0 Å². The van der Waals surface area contributed by atoms with E-state index >= 15 is 0 Å². The van der Waals surface area contributed by atoms with Gasteiger partial charge in [-0.2, -0.15) is 0 Å². The molecule has 0 aromatic heterocycles. The van der Waals surface area contributed by atoms with E-state index in [0.717, 1.165) is 28.8 Å². The Morgan fingerprint density at radius 1 is 1.09 bits per heavy atom. The van der Waals surface area contributed by atoms with Gasteiger partial charge in [0.1, 0.15) is 16.7 Å². The van der Waals surface area contributed by atoms with E-state index in [1.807, 2.05) is 0 Å². The third kappa shape index (κ3) is 5.42. The number of nitrogens with one attached hydrogen (secondary N) is 2. The Morgan fingerprint density at radius 3 is 2.44 bits per heavy atom. The van der Waals surface area contributed by atoms with Gasteiger partial charge in [-0.1, -0.05) is 30.0 Å². The zero-order chi connectivity index (χ0) is 23.3. The maximum absolute atomic E-state index is 12.9. The maximum atomic E-state index is 12.9. The highest BCUT2D eigenvalue weighted by Gasteiger charge is 2.33. The molecule has 1 aliphatic rings. The topological polar surface area (TPSA) is 97.0 Å². The summed E-state index contributed by atoms with van der Waals surface area (Å²) in [4.78, 5) is 38.4. The number of nitrogens with zero attached hydrogens (tertiary/aromatic N) is 1. The Kier molecular flexibility index (Phi) is 7.44. The Balaban J connectivity index is 1.62. The average Bonchev–Trinajstić information content (AvgIpc) is 3.05. The molecule has 1 saturated heterocycles. The predicted molar refractivity (Wildman–Crippen MR) is 121 cm³/mol. The largest absolute Gasteiger partial charge is 0.493 e. The molecule has 1 fully saturated rings. The zero-order valence-electron chi connectivity index (χ0n) is 17.0. The molecular formula is C21H18FN3O5S2. The Labute approximate surface area is 192 Å². The Morgan fingerprint density at radius 2 is 1.78 bits per heavy atom. The number of hydrazine groups is 1. The Bertz CT molecular complexity index is 1110. The van der Waals surface area contributed by atoms with Crippen LogP contribution < -0.4 is 20.3 Å². The summed E-state index contributed by atoms with van der Waals surface area (Å²) in [6.45, 7) is -0.377. The fraction of sp³-hybridized carbons (Fsp3) is 0.143. The van der Waals surface area contributed by atoms with Gasteiger partial charge >= 0.3 is 0 Å². The van der Waals surface area contributed by atoms with Crippen LogP contribution in [0.2, 0.25) is 0 Å². The second kappa shape index (κ2) is 10.2. The molecule has 0 aliphatic carbocycles. The SMILES string of the molecule is COc1ccc(C=C2SC(=S)N(CC(=O)NNC(=O)c3ccc(F)cc3)C2=O)cc1OC. The van der Waals surface area contributed by atoms with Crippen LogP contribution in [0.5, 0.6) is 11.5 Å². The number of halogens is 1. The van der Waals surface area contributed by atoms with E-state index in [1.54, 1.807) is 24.3 Å². The van der Waals surface area contributed by atoms with Crippen LogP contribution in [0.15, 0.2) is 47.4 Å². The van der Waals surface area contributed by atoms with Gasteiger partial charge in [-0.15, -0.1) is 0 Å². The van der Waals surface area contributed by atoms with Crippen LogP contribution in [0.4, 0.5) is 4.39 Å². The molecular weight excluding hydrogens is 457 g/mol. The number of thiocarbonyl (C=S) groups is 1. The van der Waals surface area contributed by atoms with Gasteiger partial charge in [0.25, 0.3) is 17.7 Å². The molecule has 0 atom stereocenters. The van der Waals surface area contributed by atoms with Crippen molar-refractivity contribution in [3.8, 4) is 11.5 Å². The van der Waals surface area contributed by atoms with Gasteiger partial charge in [-0.25, -0.2) is 4.39 Å². The highest BCUT2D eigenvalue weighted by Crippen LogP contribution is 2.34. The lowest BCUT2D eigenvalue weighted by Gasteiger charge is -2.14. The lowest BCUT2D eigenvalue weighted by Crippen LogP contribution is -2.47. The molecule has 32 heavy (non-hydrogen) atoms. The van der Waals surface area contributed by atoms with Crippen LogP contribution in [0.1, 0.15) is 15.9 Å². The van der Waals surface area contributed by atoms with E-state index < -0.39 is 23.5 Å². The minimum atomic E-state index is -0.649. The number of carbonyl (C=O) groups is 3. The van der Waals surface area contributed by atoms with Crippen molar-refractivity contribution in [2.45, 2.75) is 0 Å². The van der Waals surface area contributed by atoms with E-state index in [9.17, 15) is 18.8 Å². The summed E-state index contributed by atoms with van der Waals surface area (Å²) in [7, 11) is 3.03. The summed E-state index contributed by atoms with van der Waals surface area (Å²) in [5.41, 5.74) is 5.27. The van der Waals surface area contributed by atoms with Crippen molar-refractivity contribution in [3.63, 3.8) is 0 Å². The lowest BCUT2D eigenvalue weighted by molar-refractivity contribution is -0.129. The number of benzene rings is 2. The van der Waals surface area contributed by atoms with Crippen LogP contribution in [0, 0.1) is 5.82 Å². The minimum Gasteiger partial charge on any atom is -0.493 e. The number of hydrogen-bond donors (Lipinski definition) is 2. The van der Waals surface area contributed by atoms with Gasteiger partial charge in [0.2, 0.25) is 0 Å². The van der Waals surface area contributed by atoms with Crippen molar-refractivity contribution in [1.29, 1.82) is 0 Å². The monoisotopic (exact) mass is 475 g/mol. The number of hydrogen-bond acceptors (Lipinski definition) is 7. The second-order valence-electron chi connectivity index (χ2n) is 6.39. The van der Waals surface area contributed by atoms with Crippen LogP contribution in [-0.4, -0.2) is 47.7 Å². The molecule has 166 valence electrons. The molecule has 3 amide bonds. The minimum absolute atomic E-state index is 0.162. The Hall–Kier alpha value is -3.44. The number of methoxy groups -OCH3 is 2. The molecule has 1 aliphatic heterocycles. The van der Waals surface area contributed by atoms with Gasteiger partial charge in [-0.3, -0.25) is 30.1 Å². The number of carbonyl (C=O) groups excluding carboxylic acids is 3. The summed E-state index contributed by atoms with van der Waals surface area (Å²) in [5, 5.41) is 0. The van der Waals surface area contributed by atoms with Crippen molar-refractivity contribution >= 4 is 52.1 Å². The number of ether oxygens (including phenoxy) is 2. The first kappa shape index (κ1) is 23.2. The standard InChI is InChI=1S/C21H18FN3O5S2/c1-29-15-8-3-12(9-16(15)30-2)10-17-20(28)25(21(31)32-17)11-18(26)23-24-19(27)13-4-6-14(22)7-5-13/h3-10H,11H2,1-2H3,(H,23,26)(H,24,27). The van der Waals surface area contributed by atoms with E-state index in [1.165, 1.54) is 26.4 Å². The van der Waals surface area contributed by atoms with E-state index in [-0.39, 0.29) is 16.4 Å². The zero-order valence-corrected chi connectivity index (χ0v) is 18.6. The quantitative estimate of drug-likeness (QED) is 0.376. The maximum Gasteiger partial charge on any atom is 0.269 e. The summed E-state index contributed by atoms with van der Waals surface area (Å²) >= 11 is 6.28. The van der Waals surface area contributed by atoms with Gasteiger partial charge in [0.15, 0.2) is 11.5 Å². The number of amides is 3. The highest BCUT2D eigenvalue weighted by molar-refractivity contribution is 8.26. The third-order valence-corrected chi connectivity index (χ3v) is 5.68. The van der Waals surface area contributed by atoms with Crippen molar-refractivity contribution < 1.29 is 28.2 Å². The first-order chi connectivity index (χ1) is 15.3. The van der Waals surface area contributed by atoms with Crippen molar-refractivity contribution in [2.75, 3.05) is 20.8 Å². The molecule has 2 N–H and O–H groups in total. The predicted octanol–water partition coefficient (Wildman–Crippen LogP) is 2.51. The molecule has 0 spiro atoms. The number of rotatable bonds is 6. The molecule has 2 aromatic carbocycles. The fourth-order valence-corrected chi connectivity index (χ4v) is 3.97. The molecule has 0 saturated carbocycles. The summed E-state index contributed by atoms with van der Waals surface area (Å²) in [5.74, 6) is -1.14. The molecule has 0 unspecified atom stereocenters. The van der Waals surface area contributed by atoms with E-state index in [0.29, 0.717) is 22.0 Å². The number of thioether (sulfide) groups is 1. The summed E-state index contributed by atoms with van der Waals surface area (Å²) in [6.07, 6.45) is 1.63. The molecule has 1 heterocycles. The highest BCUT2D eigenvalue weighted by atomic mass is 32.2. The molecule has 2 aromatic rings. The van der Waals surface area contributed by atoms with Crippen LogP contribution in [0.3, 0.4) is 0 Å². The molecule has 8 nitrogen and oxygen atoms in total. The van der Waals surface area contributed by atoms with Crippen molar-refractivity contribution in [3.05, 3.63) is 64.3 Å².